The van der Waals surface area contributed by atoms with Crippen molar-refractivity contribution in [2.45, 2.75) is 13.8 Å². The zero-order chi connectivity index (χ0) is 18.1. The smallest absolute Gasteiger partial charge is 0.258 e. The number of amides is 1. The third kappa shape index (κ3) is 3.21. The Kier molecular flexibility index (Phi) is 4.22. The average Bonchev–Trinajstić information content (AvgIpc) is 3.06. The highest BCUT2D eigenvalue weighted by Crippen LogP contribution is 2.26. The first-order chi connectivity index (χ1) is 12.6. The quantitative estimate of drug-likeness (QED) is 0.545. The lowest BCUT2D eigenvalue weighted by Gasteiger charge is -2.10. The van der Waals surface area contributed by atoms with Crippen molar-refractivity contribution < 1.29 is 4.79 Å². The third-order valence-corrected chi connectivity index (χ3v) is 5.02. The van der Waals surface area contributed by atoms with Crippen molar-refractivity contribution in [3.8, 4) is 11.3 Å². The second-order valence-electron chi connectivity index (χ2n) is 6.19. The molecule has 26 heavy (non-hydrogen) atoms. The van der Waals surface area contributed by atoms with Gasteiger partial charge in [0.25, 0.3) is 5.91 Å². The summed E-state index contributed by atoms with van der Waals surface area (Å²) in [4.78, 5) is 22.0. The van der Waals surface area contributed by atoms with Gasteiger partial charge in [-0.3, -0.25) is 10.1 Å². The highest BCUT2D eigenvalue weighted by molar-refractivity contribution is 7.13. The molecule has 0 fully saturated rings. The molecule has 2 heterocycles. The first-order valence-corrected chi connectivity index (χ1v) is 9.18. The van der Waals surface area contributed by atoms with Gasteiger partial charge in [-0.1, -0.05) is 48.0 Å². The van der Waals surface area contributed by atoms with E-state index in [-0.39, 0.29) is 5.91 Å². The molecule has 4 aromatic rings. The first-order valence-electron chi connectivity index (χ1n) is 8.30. The Labute approximate surface area is 155 Å². The number of nitrogens with one attached hydrogen (secondary N) is 1. The molecule has 1 N–H and O–H groups in total. The van der Waals surface area contributed by atoms with E-state index in [1.54, 1.807) is 0 Å². The van der Waals surface area contributed by atoms with E-state index in [0.29, 0.717) is 10.7 Å². The van der Waals surface area contributed by atoms with E-state index in [4.69, 9.17) is 4.98 Å². The Morgan fingerprint density at radius 1 is 1.00 bits per heavy atom. The summed E-state index contributed by atoms with van der Waals surface area (Å²) in [6.07, 6.45) is 0. The summed E-state index contributed by atoms with van der Waals surface area (Å²) >= 11 is 1.42. The van der Waals surface area contributed by atoms with Gasteiger partial charge in [-0.25, -0.2) is 9.97 Å². The molecule has 0 saturated heterocycles. The van der Waals surface area contributed by atoms with Crippen LogP contribution in [0, 0.1) is 13.8 Å². The van der Waals surface area contributed by atoms with E-state index in [9.17, 15) is 4.79 Å². The van der Waals surface area contributed by atoms with Gasteiger partial charge in [0.05, 0.1) is 22.5 Å². The number of hydrogen-bond acceptors (Lipinski definition) is 4. The van der Waals surface area contributed by atoms with Crippen LogP contribution in [-0.2, 0) is 0 Å². The molecule has 0 spiro atoms. The maximum absolute atomic E-state index is 12.9. The predicted molar refractivity (Wildman–Crippen MR) is 107 cm³/mol. The molecular weight excluding hydrogens is 342 g/mol. The van der Waals surface area contributed by atoms with Gasteiger partial charge in [0.1, 0.15) is 0 Å². The molecule has 0 atom stereocenters. The van der Waals surface area contributed by atoms with Crippen LogP contribution in [0.3, 0.4) is 0 Å². The maximum atomic E-state index is 12.9. The summed E-state index contributed by atoms with van der Waals surface area (Å²) < 4.78 is 0. The minimum Gasteiger partial charge on any atom is -0.298 e. The molecule has 4 rings (SSSR count). The zero-order valence-electron chi connectivity index (χ0n) is 14.5. The van der Waals surface area contributed by atoms with Crippen LogP contribution >= 0.6 is 11.3 Å². The topological polar surface area (TPSA) is 54.9 Å². The van der Waals surface area contributed by atoms with Crippen LogP contribution in [-0.4, -0.2) is 15.9 Å². The average molecular weight is 359 g/mol. The second kappa shape index (κ2) is 6.69. The van der Waals surface area contributed by atoms with Crippen LogP contribution in [0.25, 0.3) is 22.2 Å². The lowest BCUT2D eigenvalue weighted by molar-refractivity contribution is 0.102. The SMILES string of the molecule is Cc1ccc(-c2cc(C(=O)Nc3nc(C)cs3)c3ccccc3n2)cc1. The number of carbonyl (C=O) groups is 1. The number of rotatable bonds is 3. The highest BCUT2D eigenvalue weighted by atomic mass is 32.1. The number of benzene rings is 2. The van der Waals surface area contributed by atoms with E-state index in [2.05, 4.69) is 10.3 Å². The zero-order valence-corrected chi connectivity index (χ0v) is 15.3. The number of nitrogens with zero attached hydrogens (tertiary/aromatic N) is 2. The summed E-state index contributed by atoms with van der Waals surface area (Å²) in [6, 6.07) is 17.7. The van der Waals surface area contributed by atoms with Crippen molar-refractivity contribution in [2.24, 2.45) is 0 Å². The van der Waals surface area contributed by atoms with Gasteiger partial charge in [0.2, 0.25) is 0 Å². The molecule has 0 aliphatic carbocycles. The summed E-state index contributed by atoms with van der Waals surface area (Å²) in [5, 5.41) is 6.24. The molecule has 0 saturated carbocycles. The summed E-state index contributed by atoms with van der Waals surface area (Å²) in [5.74, 6) is -0.175. The molecule has 128 valence electrons. The van der Waals surface area contributed by atoms with Crippen molar-refractivity contribution in [3.05, 3.63) is 76.8 Å². The van der Waals surface area contributed by atoms with Crippen LogP contribution in [0.2, 0.25) is 0 Å². The minimum absolute atomic E-state index is 0.175. The number of para-hydroxylation sites is 1. The molecule has 4 nitrogen and oxygen atoms in total. The molecule has 2 aromatic heterocycles. The molecule has 0 bridgehead atoms. The summed E-state index contributed by atoms with van der Waals surface area (Å²) in [6.45, 7) is 3.95. The van der Waals surface area contributed by atoms with Crippen molar-refractivity contribution in [2.75, 3.05) is 5.32 Å². The van der Waals surface area contributed by atoms with Gasteiger partial charge in [0, 0.05) is 16.3 Å². The van der Waals surface area contributed by atoms with Gasteiger partial charge in [-0.15, -0.1) is 11.3 Å². The van der Waals surface area contributed by atoms with Crippen LogP contribution in [0.1, 0.15) is 21.6 Å². The van der Waals surface area contributed by atoms with Gasteiger partial charge in [-0.2, -0.15) is 0 Å². The van der Waals surface area contributed by atoms with E-state index < -0.39 is 0 Å². The van der Waals surface area contributed by atoms with E-state index in [1.165, 1.54) is 16.9 Å². The largest absolute Gasteiger partial charge is 0.298 e. The van der Waals surface area contributed by atoms with Gasteiger partial charge < -0.3 is 0 Å². The van der Waals surface area contributed by atoms with Crippen molar-refractivity contribution >= 4 is 33.3 Å². The molecule has 1 amide bonds. The maximum Gasteiger partial charge on any atom is 0.258 e. The van der Waals surface area contributed by atoms with Crippen molar-refractivity contribution in [3.63, 3.8) is 0 Å². The normalized spacial score (nSPS) is 10.8. The van der Waals surface area contributed by atoms with Gasteiger partial charge in [-0.05, 0) is 26.0 Å². The van der Waals surface area contributed by atoms with Crippen LogP contribution in [0.4, 0.5) is 5.13 Å². The number of hydrogen-bond donors (Lipinski definition) is 1. The Balaban J connectivity index is 1.81. The number of anilines is 1. The lowest BCUT2D eigenvalue weighted by Crippen LogP contribution is -2.13. The molecular formula is C21H17N3OS. The van der Waals surface area contributed by atoms with Crippen molar-refractivity contribution in [1.82, 2.24) is 9.97 Å². The molecule has 5 heteroatoms. The monoisotopic (exact) mass is 359 g/mol. The summed E-state index contributed by atoms with van der Waals surface area (Å²) in [7, 11) is 0. The number of carbonyl (C=O) groups excluding carboxylic acids is 1. The Morgan fingerprint density at radius 3 is 2.50 bits per heavy atom. The number of fused-ring (bicyclic) bond motifs is 1. The van der Waals surface area contributed by atoms with Crippen molar-refractivity contribution in [1.29, 1.82) is 0 Å². The Morgan fingerprint density at radius 2 is 1.77 bits per heavy atom. The number of aromatic nitrogens is 2. The van der Waals surface area contributed by atoms with Crippen LogP contribution in [0.5, 0.6) is 0 Å². The summed E-state index contributed by atoms with van der Waals surface area (Å²) in [5.41, 5.74) is 5.24. The van der Waals surface area contributed by atoms with E-state index in [1.807, 2.05) is 73.8 Å². The standard InChI is InChI=1S/C21H17N3OS/c1-13-7-9-15(10-8-13)19-11-17(16-5-3-4-6-18(16)23-19)20(25)24-21-22-14(2)12-26-21/h3-12H,1-2H3,(H,22,24,25). The number of pyridine rings is 1. The second-order valence-corrected chi connectivity index (χ2v) is 7.04. The fourth-order valence-electron chi connectivity index (χ4n) is 2.81. The predicted octanol–water partition coefficient (Wildman–Crippen LogP) is 5.23. The van der Waals surface area contributed by atoms with Gasteiger partial charge >= 0.3 is 0 Å². The van der Waals surface area contributed by atoms with E-state index in [0.717, 1.165) is 27.9 Å². The Bertz CT molecular complexity index is 1100. The fourth-order valence-corrected chi connectivity index (χ4v) is 3.49. The van der Waals surface area contributed by atoms with Crippen LogP contribution in [0.15, 0.2) is 60.0 Å². The Hall–Kier alpha value is -3.05. The number of aryl methyl sites for hydroxylation is 2. The fraction of sp³-hybridized carbons (Fsp3) is 0.0952. The van der Waals surface area contributed by atoms with Gasteiger partial charge in [0.15, 0.2) is 5.13 Å². The molecule has 0 unspecified atom stereocenters. The highest BCUT2D eigenvalue weighted by Gasteiger charge is 2.15. The lowest BCUT2D eigenvalue weighted by atomic mass is 10.0. The minimum atomic E-state index is -0.175. The molecule has 0 aliphatic rings. The molecule has 0 radical (unpaired) electrons. The molecule has 2 aromatic carbocycles. The first kappa shape index (κ1) is 16.4. The van der Waals surface area contributed by atoms with Crippen LogP contribution < -0.4 is 5.32 Å². The third-order valence-electron chi connectivity index (χ3n) is 4.15. The molecule has 0 aliphatic heterocycles. The number of thiazole rings is 1. The van der Waals surface area contributed by atoms with E-state index >= 15 is 0 Å².